The van der Waals surface area contributed by atoms with Crippen LogP contribution in [0.15, 0.2) is 18.2 Å². The highest BCUT2D eigenvalue weighted by Gasteiger charge is 2.07. The van der Waals surface area contributed by atoms with Gasteiger partial charge in [0.1, 0.15) is 0 Å². The summed E-state index contributed by atoms with van der Waals surface area (Å²) in [5.41, 5.74) is 3.11. The largest absolute Gasteiger partial charge is 0.302 e. The van der Waals surface area contributed by atoms with E-state index in [1.165, 1.54) is 0 Å². The van der Waals surface area contributed by atoms with Crippen molar-refractivity contribution in [1.29, 1.82) is 0 Å². The average molecular weight is 191 g/mol. The number of hydrogen-bond acceptors (Lipinski definition) is 2. The maximum absolute atomic E-state index is 11.7. The highest BCUT2D eigenvalue weighted by atomic mass is 16.1. The summed E-state index contributed by atoms with van der Waals surface area (Å²) in [6.45, 7) is 4.50. The van der Waals surface area contributed by atoms with Crippen molar-refractivity contribution in [1.82, 2.24) is 4.90 Å². The lowest BCUT2D eigenvalue weighted by Crippen LogP contribution is -2.21. The van der Waals surface area contributed by atoms with E-state index in [9.17, 15) is 4.79 Å². The molecule has 0 radical (unpaired) electrons. The van der Waals surface area contributed by atoms with Crippen molar-refractivity contribution in [2.75, 3.05) is 20.6 Å². The monoisotopic (exact) mass is 191 g/mol. The second kappa shape index (κ2) is 4.38. The van der Waals surface area contributed by atoms with Crippen LogP contribution in [0, 0.1) is 13.8 Å². The normalized spacial score (nSPS) is 10.6. The Morgan fingerprint density at radius 3 is 2.07 bits per heavy atom. The van der Waals surface area contributed by atoms with Crippen LogP contribution in [0.3, 0.4) is 0 Å². The van der Waals surface area contributed by atoms with Gasteiger partial charge in [0.2, 0.25) is 0 Å². The van der Waals surface area contributed by atoms with Gasteiger partial charge in [-0.25, -0.2) is 0 Å². The van der Waals surface area contributed by atoms with Crippen LogP contribution < -0.4 is 0 Å². The molecule has 0 bridgehead atoms. The fourth-order valence-electron chi connectivity index (χ4n) is 1.51. The summed E-state index contributed by atoms with van der Waals surface area (Å²) in [5, 5.41) is 0. The van der Waals surface area contributed by atoms with Crippen molar-refractivity contribution in [2.45, 2.75) is 13.8 Å². The third-order valence-electron chi connectivity index (χ3n) is 2.00. The van der Waals surface area contributed by atoms with Crippen molar-refractivity contribution >= 4 is 5.78 Å². The van der Waals surface area contributed by atoms with Crippen LogP contribution in [0.4, 0.5) is 0 Å². The predicted molar refractivity (Wildman–Crippen MR) is 58.8 cm³/mol. The molecule has 0 amide bonds. The molecule has 0 aromatic heterocycles. The Bertz CT molecular complexity index is 322. The zero-order chi connectivity index (χ0) is 10.7. The average Bonchev–Trinajstić information content (AvgIpc) is 2.00. The molecule has 76 valence electrons. The minimum Gasteiger partial charge on any atom is -0.302 e. The number of hydrogen-bond donors (Lipinski definition) is 0. The van der Waals surface area contributed by atoms with Gasteiger partial charge in [0.15, 0.2) is 5.78 Å². The maximum atomic E-state index is 11.7. The molecule has 0 unspecified atom stereocenters. The van der Waals surface area contributed by atoms with Crippen LogP contribution in [0.25, 0.3) is 0 Å². The number of likely N-dealkylation sites (N-methyl/N-ethyl adjacent to an activating group) is 1. The lowest BCUT2D eigenvalue weighted by Gasteiger charge is -2.09. The highest BCUT2D eigenvalue weighted by Crippen LogP contribution is 2.09. The fourth-order valence-corrected chi connectivity index (χ4v) is 1.51. The van der Waals surface area contributed by atoms with Gasteiger partial charge in [-0.2, -0.15) is 0 Å². The van der Waals surface area contributed by atoms with Gasteiger partial charge in [0.25, 0.3) is 0 Å². The zero-order valence-corrected chi connectivity index (χ0v) is 9.29. The van der Waals surface area contributed by atoms with E-state index in [1.54, 1.807) is 0 Å². The molecular formula is C12H17NO. The Morgan fingerprint density at radius 1 is 1.14 bits per heavy atom. The molecule has 0 atom stereocenters. The van der Waals surface area contributed by atoms with Crippen molar-refractivity contribution in [2.24, 2.45) is 0 Å². The Hall–Kier alpha value is -1.15. The molecule has 0 heterocycles. The second-order valence-electron chi connectivity index (χ2n) is 4.04. The molecule has 2 heteroatoms. The second-order valence-corrected chi connectivity index (χ2v) is 4.04. The van der Waals surface area contributed by atoms with Crippen LogP contribution in [0.1, 0.15) is 21.5 Å². The Balaban J connectivity index is 2.90. The Labute approximate surface area is 85.5 Å². The number of carbonyl (C=O) groups is 1. The molecule has 0 N–H and O–H groups in total. The summed E-state index contributed by atoms with van der Waals surface area (Å²) in [6, 6.07) is 5.96. The molecule has 0 spiro atoms. The summed E-state index contributed by atoms with van der Waals surface area (Å²) in [5.74, 6) is 0.182. The van der Waals surface area contributed by atoms with Gasteiger partial charge in [-0.1, -0.05) is 17.2 Å². The topological polar surface area (TPSA) is 20.3 Å². The summed E-state index contributed by atoms with van der Waals surface area (Å²) in [6.07, 6.45) is 0. The minimum absolute atomic E-state index is 0.182. The molecule has 1 aromatic carbocycles. The van der Waals surface area contributed by atoms with Gasteiger partial charge in [0.05, 0.1) is 6.54 Å². The van der Waals surface area contributed by atoms with Crippen LogP contribution in [-0.2, 0) is 0 Å². The zero-order valence-electron chi connectivity index (χ0n) is 9.29. The molecule has 14 heavy (non-hydrogen) atoms. The standard InChI is InChI=1S/C12H17NO/c1-9-5-10(2)7-11(6-9)12(14)8-13(3)4/h5-7H,8H2,1-4H3. The van der Waals surface area contributed by atoms with Crippen molar-refractivity contribution in [3.8, 4) is 0 Å². The number of ketones is 1. The molecule has 0 aliphatic heterocycles. The number of nitrogens with zero attached hydrogens (tertiary/aromatic N) is 1. The summed E-state index contributed by atoms with van der Waals surface area (Å²) in [7, 11) is 3.81. The molecule has 0 saturated heterocycles. The Kier molecular flexibility index (Phi) is 3.42. The minimum atomic E-state index is 0.182. The SMILES string of the molecule is Cc1cc(C)cc(C(=O)CN(C)C)c1. The quantitative estimate of drug-likeness (QED) is 0.681. The van der Waals surface area contributed by atoms with Gasteiger partial charge in [0, 0.05) is 5.56 Å². The first-order valence-electron chi connectivity index (χ1n) is 4.75. The van der Waals surface area contributed by atoms with Gasteiger partial charge < -0.3 is 4.90 Å². The number of carbonyl (C=O) groups excluding carboxylic acids is 1. The molecule has 0 saturated carbocycles. The van der Waals surface area contributed by atoms with Crippen LogP contribution in [0.5, 0.6) is 0 Å². The van der Waals surface area contributed by atoms with Crippen LogP contribution >= 0.6 is 0 Å². The smallest absolute Gasteiger partial charge is 0.176 e. The lowest BCUT2D eigenvalue weighted by molar-refractivity contribution is 0.0957. The van der Waals surface area contributed by atoms with Gasteiger partial charge in [-0.15, -0.1) is 0 Å². The molecule has 0 fully saturated rings. The van der Waals surface area contributed by atoms with E-state index >= 15 is 0 Å². The molecule has 0 aliphatic carbocycles. The van der Waals surface area contributed by atoms with E-state index < -0.39 is 0 Å². The van der Waals surface area contributed by atoms with Gasteiger partial charge in [-0.3, -0.25) is 4.79 Å². The van der Waals surface area contributed by atoms with E-state index in [0.29, 0.717) is 6.54 Å². The first-order valence-corrected chi connectivity index (χ1v) is 4.75. The van der Waals surface area contributed by atoms with Crippen LogP contribution in [0.2, 0.25) is 0 Å². The van der Waals surface area contributed by atoms with Crippen molar-refractivity contribution in [3.05, 3.63) is 34.9 Å². The van der Waals surface area contributed by atoms with Gasteiger partial charge >= 0.3 is 0 Å². The van der Waals surface area contributed by atoms with Gasteiger partial charge in [-0.05, 0) is 40.1 Å². The van der Waals surface area contributed by atoms with E-state index in [2.05, 4.69) is 6.07 Å². The number of Topliss-reactive ketones (excluding diaryl/α,β-unsaturated/α-hetero) is 1. The number of aryl methyl sites for hydroxylation is 2. The predicted octanol–water partition coefficient (Wildman–Crippen LogP) is 2.05. The van der Waals surface area contributed by atoms with E-state index in [-0.39, 0.29) is 5.78 Å². The molecule has 1 aromatic rings. The third-order valence-corrected chi connectivity index (χ3v) is 2.00. The molecule has 1 rings (SSSR count). The highest BCUT2D eigenvalue weighted by molar-refractivity contribution is 5.97. The first kappa shape index (κ1) is 10.9. The van der Waals surface area contributed by atoms with Crippen LogP contribution in [-0.4, -0.2) is 31.3 Å². The summed E-state index contributed by atoms with van der Waals surface area (Å²) in [4.78, 5) is 13.6. The van der Waals surface area contributed by atoms with E-state index in [0.717, 1.165) is 16.7 Å². The molecular weight excluding hydrogens is 174 g/mol. The first-order chi connectivity index (χ1) is 6.49. The molecule has 2 nitrogen and oxygen atoms in total. The maximum Gasteiger partial charge on any atom is 0.176 e. The van der Waals surface area contributed by atoms with Crippen molar-refractivity contribution in [3.63, 3.8) is 0 Å². The van der Waals surface area contributed by atoms with E-state index in [4.69, 9.17) is 0 Å². The number of benzene rings is 1. The molecule has 0 aliphatic rings. The third kappa shape index (κ3) is 2.96. The summed E-state index contributed by atoms with van der Waals surface area (Å²) < 4.78 is 0. The van der Waals surface area contributed by atoms with Crippen molar-refractivity contribution < 1.29 is 4.79 Å². The lowest BCUT2D eigenvalue weighted by atomic mass is 10.0. The summed E-state index contributed by atoms with van der Waals surface area (Å²) >= 11 is 0. The number of rotatable bonds is 3. The van der Waals surface area contributed by atoms with E-state index in [1.807, 2.05) is 45.0 Å². The Morgan fingerprint density at radius 2 is 1.64 bits per heavy atom. The fraction of sp³-hybridized carbons (Fsp3) is 0.417.